The molecule has 4 rings (SSSR count). The van der Waals surface area contributed by atoms with E-state index in [2.05, 4.69) is 5.16 Å². The van der Waals surface area contributed by atoms with Crippen molar-refractivity contribution in [3.8, 4) is 0 Å². The van der Waals surface area contributed by atoms with E-state index in [0.717, 1.165) is 88.3 Å². The zero-order valence-corrected chi connectivity index (χ0v) is 17.7. The molecule has 160 valence electrons. The Morgan fingerprint density at radius 1 is 1.07 bits per heavy atom. The van der Waals surface area contributed by atoms with Crippen LogP contribution in [0.15, 0.2) is 4.52 Å². The summed E-state index contributed by atoms with van der Waals surface area (Å²) in [5.74, 6) is 1.58. The monoisotopic (exact) mass is 403 g/mol. The Kier molecular flexibility index (Phi) is 5.95. The van der Waals surface area contributed by atoms with Crippen LogP contribution in [0, 0.1) is 19.8 Å². The van der Waals surface area contributed by atoms with Gasteiger partial charge >= 0.3 is 0 Å². The number of ether oxygens (including phenoxy) is 1. The highest BCUT2D eigenvalue weighted by molar-refractivity contribution is 5.79. The van der Waals surface area contributed by atoms with Gasteiger partial charge in [-0.2, -0.15) is 0 Å². The van der Waals surface area contributed by atoms with Crippen LogP contribution in [0.1, 0.15) is 62.0 Å². The van der Waals surface area contributed by atoms with Crippen LogP contribution in [0.4, 0.5) is 0 Å². The van der Waals surface area contributed by atoms with Gasteiger partial charge in [0, 0.05) is 44.8 Å². The summed E-state index contributed by atoms with van der Waals surface area (Å²) >= 11 is 0. The molecule has 1 aromatic rings. The smallest absolute Gasteiger partial charge is 0.227 e. The molecule has 0 aliphatic carbocycles. The topological polar surface area (TPSA) is 75.9 Å². The molecule has 1 atom stereocenters. The van der Waals surface area contributed by atoms with Crippen molar-refractivity contribution in [1.82, 2.24) is 15.0 Å². The quantitative estimate of drug-likeness (QED) is 0.772. The fourth-order valence-corrected chi connectivity index (χ4v) is 5.18. The van der Waals surface area contributed by atoms with Crippen LogP contribution in [-0.2, 0) is 20.7 Å². The van der Waals surface area contributed by atoms with Gasteiger partial charge in [0.25, 0.3) is 0 Å². The van der Waals surface area contributed by atoms with E-state index < -0.39 is 0 Å². The predicted molar refractivity (Wildman–Crippen MR) is 107 cm³/mol. The standard InChI is InChI=1S/C22H33N3O4/c1-16-19(17(2)29-23-16)14-21(27)25-10-6-22(7-11-25)15-18(5-12-28-22)13-20(26)24-8-3-4-9-24/h18H,3-15H2,1-2H3. The summed E-state index contributed by atoms with van der Waals surface area (Å²) in [6.45, 7) is 7.75. The SMILES string of the molecule is Cc1noc(C)c1CC(=O)N1CCC2(CC1)CC(CC(=O)N1CCCC1)CCO2. The summed E-state index contributed by atoms with van der Waals surface area (Å²) in [7, 11) is 0. The van der Waals surface area contributed by atoms with E-state index >= 15 is 0 Å². The van der Waals surface area contributed by atoms with Gasteiger partial charge in [-0.05, 0) is 58.3 Å². The van der Waals surface area contributed by atoms with Gasteiger partial charge in [0.05, 0.1) is 17.7 Å². The number of aromatic nitrogens is 1. The number of carbonyl (C=O) groups is 2. The maximum atomic E-state index is 12.8. The Bertz CT molecular complexity index is 726. The van der Waals surface area contributed by atoms with Crippen molar-refractivity contribution >= 4 is 11.8 Å². The van der Waals surface area contributed by atoms with Crippen molar-refractivity contribution in [2.45, 2.75) is 70.8 Å². The highest BCUT2D eigenvalue weighted by Gasteiger charge is 2.42. The Hall–Kier alpha value is -1.89. The van der Waals surface area contributed by atoms with Crippen molar-refractivity contribution in [2.24, 2.45) is 5.92 Å². The lowest BCUT2D eigenvalue weighted by atomic mass is 9.78. The van der Waals surface area contributed by atoms with Crippen LogP contribution in [-0.4, -0.2) is 65.2 Å². The Labute approximate surface area is 172 Å². The fraction of sp³-hybridized carbons (Fsp3) is 0.773. The van der Waals surface area contributed by atoms with Crippen molar-refractivity contribution in [2.75, 3.05) is 32.8 Å². The molecular weight excluding hydrogens is 370 g/mol. The number of aryl methyl sites for hydroxylation is 2. The van der Waals surface area contributed by atoms with E-state index in [0.29, 0.717) is 24.7 Å². The van der Waals surface area contributed by atoms with Crippen LogP contribution in [0.5, 0.6) is 0 Å². The molecule has 7 heteroatoms. The van der Waals surface area contributed by atoms with Crippen LogP contribution in [0.2, 0.25) is 0 Å². The summed E-state index contributed by atoms with van der Waals surface area (Å²) in [5.41, 5.74) is 1.55. The maximum absolute atomic E-state index is 12.8. The molecule has 1 spiro atoms. The van der Waals surface area contributed by atoms with Crippen LogP contribution >= 0.6 is 0 Å². The largest absolute Gasteiger partial charge is 0.375 e. The minimum Gasteiger partial charge on any atom is -0.375 e. The van der Waals surface area contributed by atoms with E-state index in [1.54, 1.807) is 0 Å². The molecule has 0 saturated carbocycles. The van der Waals surface area contributed by atoms with Gasteiger partial charge in [-0.3, -0.25) is 9.59 Å². The third-order valence-corrected chi connectivity index (χ3v) is 7.05. The van der Waals surface area contributed by atoms with Crippen LogP contribution in [0.3, 0.4) is 0 Å². The summed E-state index contributed by atoms with van der Waals surface area (Å²) in [6, 6.07) is 0. The first-order valence-corrected chi connectivity index (χ1v) is 11.1. The van der Waals surface area contributed by atoms with Crippen molar-refractivity contribution in [3.05, 3.63) is 17.0 Å². The molecule has 0 aromatic carbocycles. The normalized spacial score (nSPS) is 24.3. The van der Waals surface area contributed by atoms with Crippen LogP contribution in [0.25, 0.3) is 0 Å². The number of likely N-dealkylation sites (tertiary alicyclic amines) is 2. The molecule has 0 bridgehead atoms. The Morgan fingerprint density at radius 2 is 1.76 bits per heavy atom. The number of nitrogens with zero attached hydrogens (tertiary/aromatic N) is 3. The molecule has 0 radical (unpaired) electrons. The lowest BCUT2D eigenvalue weighted by molar-refractivity contribution is -0.149. The molecule has 3 saturated heterocycles. The number of piperidine rings is 1. The molecule has 3 aliphatic heterocycles. The first-order valence-electron chi connectivity index (χ1n) is 11.1. The van der Waals surface area contributed by atoms with Crippen molar-refractivity contribution < 1.29 is 18.8 Å². The molecule has 2 amide bonds. The van der Waals surface area contributed by atoms with Gasteiger partial charge in [-0.1, -0.05) is 5.16 Å². The Balaban J connectivity index is 1.29. The van der Waals surface area contributed by atoms with E-state index in [1.165, 1.54) is 0 Å². The van der Waals surface area contributed by atoms with Gasteiger partial charge < -0.3 is 19.1 Å². The third kappa shape index (κ3) is 4.49. The molecule has 29 heavy (non-hydrogen) atoms. The molecule has 4 heterocycles. The number of hydrogen-bond donors (Lipinski definition) is 0. The second-order valence-electron chi connectivity index (χ2n) is 9.04. The van der Waals surface area contributed by atoms with Crippen molar-refractivity contribution in [1.29, 1.82) is 0 Å². The third-order valence-electron chi connectivity index (χ3n) is 7.05. The van der Waals surface area contributed by atoms with Gasteiger partial charge in [-0.25, -0.2) is 0 Å². The van der Waals surface area contributed by atoms with Gasteiger partial charge in [0.2, 0.25) is 11.8 Å². The first-order chi connectivity index (χ1) is 14.0. The average Bonchev–Trinajstić information content (AvgIpc) is 3.35. The van der Waals surface area contributed by atoms with Crippen LogP contribution < -0.4 is 0 Å². The average molecular weight is 404 g/mol. The summed E-state index contributed by atoms with van der Waals surface area (Å²) in [5, 5.41) is 3.95. The van der Waals surface area contributed by atoms with Gasteiger partial charge in [-0.15, -0.1) is 0 Å². The van der Waals surface area contributed by atoms with E-state index in [4.69, 9.17) is 9.26 Å². The molecule has 1 aromatic heterocycles. The van der Waals surface area contributed by atoms with E-state index in [1.807, 2.05) is 23.6 Å². The summed E-state index contributed by atoms with van der Waals surface area (Å²) in [6.07, 6.45) is 6.91. The number of hydrogen-bond acceptors (Lipinski definition) is 5. The zero-order chi connectivity index (χ0) is 20.4. The second-order valence-corrected chi connectivity index (χ2v) is 9.04. The Morgan fingerprint density at radius 3 is 2.41 bits per heavy atom. The fourth-order valence-electron chi connectivity index (χ4n) is 5.18. The molecule has 3 aliphatic rings. The number of amides is 2. The minimum absolute atomic E-state index is 0.130. The maximum Gasteiger partial charge on any atom is 0.227 e. The van der Waals surface area contributed by atoms with E-state index in [-0.39, 0.29) is 11.5 Å². The molecule has 1 unspecified atom stereocenters. The first kappa shape index (κ1) is 20.4. The molecule has 7 nitrogen and oxygen atoms in total. The summed E-state index contributed by atoms with van der Waals surface area (Å²) in [4.78, 5) is 29.3. The zero-order valence-electron chi connectivity index (χ0n) is 17.7. The highest BCUT2D eigenvalue weighted by Crippen LogP contribution is 2.39. The number of carbonyl (C=O) groups excluding carboxylic acids is 2. The van der Waals surface area contributed by atoms with Gasteiger partial charge in [0.1, 0.15) is 5.76 Å². The highest BCUT2D eigenvalue weighted by atomic mass is 16.5. The molecule has 0 N–H and O–H groups in total. The predicted octanol–water partition coefficient (Wildman–Crippen LogP) is 2.63. The lowest BCUT2D eigenvalue weighted by Gasteiger charge is -2.46. The number of rotatable bonds is 4. The van der Waals surface area contributed by atoms with Crippen molar-refractivity contribution in [3.63, 3.8) is 0 Å². The van der Waals surface area contributed by atoms with Gasteiger partial charge in [0.15, 0.2) is 0 Å². The molecule has 3 fully saturated rings. The minimum atomic E-state index is -0.159. The van der Waals surface area contributed by atoms with E-state index in [9.17, 15) is 9.59 Å². The molecular formula is C22H33N3O4. The second kappa shape index (κ2) is 8.46. The summed E-state index contributed by atoms with van der Waals surface area (Å²) < 4.78 is 11.4. The lowest BCUT2D eigenvalue weighted by Crippen LogP contribution is -2.51.